The van der Waals surface area contributed by atoms with Gasteiger partial charge in [0.15, 0.2) is 0 Å². The number of amides is 1. The van der Waals surface area contributed by atoms with Crippen LogP contribution < -0.4 is 10.0 Å². The number of hydrogen-bond acceptors (Lipinski definition) is 3. The van der Waals surface area contributed by atoms with Crippen LogP contribution in [0, 0.1) is 0 Å². The van der Waals surface area contributed by atoms with Crippen molar-refractivity contribution in [1.82, 2.24) is 0 Å². The number of sulfonamides is 1. The first kappa shape index (κ1) is 15.0. The fourth-order valence-electron chi connectivity index (χ4n) is 2.67. The Balaban J connectivity index is 2.45. The second kappa shape index (κ2) is 5.54. The minimum absolute atomic E-state index is 0.0277. The third-order valence-corrected chi connectivity index (χ3v) is 5.03. The summed E-state index contributed by atoms with van der Waals surface area (Å²) in [5.74, 6) is -0.167. The topological polar surface area (TPSA) is 80.5 Å². The number of rotatable bonds is 4. The highest BCUT2D eigenvalue weighted by Crippen LogP contribution is 2.31. The molecule has 0 saturated carbocycles. The summed E-state index contributed by atoms with van der Waals surface area (Å²) in [5, 5.41) is 4.38. The average Bonchev–Trinajstić information content (AvgIpc) is 2.79. The van der Waals surface area contributed by atoms with Gasteiger partial charge >= 0.3 is 0 Å². The van der Waals surface area contributed by atoms with Gasteiger partial charge in [-0.05, 0) is 24.0 Å². The van der Waals surface area contributed by atoms with Crippen LogP contribution in [0.3, 0.4) is 0 Å². The van der Waals surface area contributed by atoms with E-state index in [1.54, 1.807) is 4.90 Å². The summed E-state index contributed by atoms with van der Waals surface area (Å²) in [5.41, 5.74) is 2.99. The molecule has 110 valence electrons. The van der Waals surface area contributed by atoms with Crippen LogP contribution in [0.15, 0.2) is 18.2 Å². The highest BCUT2D eigenvalue weighted by Gasteiger charge is 2.38. The molecule has 1 unspecified atom stereocenters. The Morgan fingerprint density at radius 3 is 2.20 bits per heavy atom. The molecular formula is C14H20N2O3S. The van der Waals surface area contributed by atoms with E-state index in [4.69, 9.17) is 5.14 Å². The number of para-hydroxylation sites is 1. The molecule has 1 aromatic rings. The molecule has 1 heterocycles. The molecule has 2 N–H and O–H groups in total. The van der Waals surface area contributed by atoms with Crippen molar-refractivity contribution in [3.63, 3.8) is 0 Å². The molecule has 1 amide bonds. The van der Waals surface area contributed by atoms with Crippen LogP contribution in [-0.4, -0.2) is 26.1 Å². The maximum Gasteiger partial charge on any atom is 0.228 e. The van der Waals surface area contributed by atoms with Gasteiger partial charge < -0.3 is 4.90 Å². The Labute approximate surface area is 119 Å². The maximum absolute atomic E-state index is 12.2. The number of nitrogens with two attached hydrogens (primary N) is 1. The molecule has 5 nitrogen and oxygen atoms in total. The predicted octanol–water partition coefficient (Wildman–Crippen LogP) is 1.21. The quantitative estimate of drug-likeness (QED) is 0.906. The van der Waals surface area contributed by atoms with Crippen LogP contribution in [-0.2, 0) is 27.7 Å². The molecule has 1 fully saturated rings. The molecule has 1 saturated heterocycles. The predicted molar refractivity (Wildman–Crippen MR) is 79.1 cm³/mol. The fourth-order valence-corrected chi connectivity index (χ4v) is 3.40. The minimum atomic E-state index is -3.68. The summed E-state index contributed by atoms with van der Waals surface area (Å²) in [6.45, 7) is 4.20. The van der Waals surface area contributed by atoms with Crippen molar-refractivity contribution in [3.8, 4) is 0 Å². The largest absolute Gasteiger partial charge is 0.310 e. The molecule has 1 atom stereocenters. The number of anilines is 1. The van der Waals surface area contributed by atoms with Crippen LogP contribution in [0.25, 0.3) is 0 Å². The fraction of sp³-hybridized carbons (Fsp3) is 0.500. The first-order valence-electron chi connectivity index (χ1n) is 6.81. The molecule has 1 aliphatic heterocycles. The summed E-state index contributed by atoms with van der Waals surface area (Å²) in [7, 11) is -3.68. The van der Waals surface area contributed by atoms with Crippen molar-refractivity contribution in [2.45, 2.75) is 38.4 Å². The number of primary sulfonamides is 1. The number of carbonyl (C=O) groups excluding carboxylic acids is 1. The Bertz CT molecular complexity index is 603. The van der Waals surface area contributed by atoms with Gasteiger partial charge in [-0.25, -0.2) is 13.6 Å². The van der Waals surface area contributed by atoms with Gasteiger partial charge in [-0.1, -0.05) is 32.0 Å². The van der Waals surface area contributed by atoms with Crippen LogP contribution >= 0.6 is 0 Å². The summed E-state index contributed by atoms with van der Waals surface area (Å²) in [6.07, 6.45) is 1.57. The van der Waals surface area contributed by atoms with Crippen molar-refractivity contribution in [2.75, 3.05) is 11.4 Å². The zero-order chi connectivity index (χ0) is 14.9. The van der Waals surface area contributed by atoms with Crippen LogP contribution in [0.4, 0.5) is 5.69 Å². The van der Waals surface area contributed by atoms with Gasteiger partial charge in [-0.3, -0.25) is 4.79 Å². The lowest BCUT2D eigenvalue weighted by molar-refractivity contribution is -0.117. The Morgan fingerprint density at radius 2 is 1.80 bits per heavy atom. The van der Waals surface area contributed by atoms with Gasteiger partial charge in [0.1, 0.15) is 5.25 Å². The van der Waals surface area contributed by atoms with Crippen LogP contribution in [0.5, 0.6) is 0 Å². The van der Waals surface area contributed by atoms with E-state index >= 15 is 0 Å². The van der Waals surface area contributed by atoms with Gasteiger partial charge in [-0.2, -0.15) is 0 Å². The van der Waals surface area contributed by atoms with Gasteiger partial charge in [0.05, 0.1) is 5.69 Å². The number of nitrogens with zero attached hydrogens (tertiary/aromatic N) is 1. The van der Waals surface area contributed by atoms with Gasteiger partial charge in [0.25, 0.3) is 0 Å². The lowest BCUT2D eigenvalue weighted by Gasteiger charge is -2.23. The maximum atomic E-state index is 12.2. The number of hydrogen-bond donors (Lipinski definition) is 1. The molecule has 0 aromatic heterocycles. The van der Waals surface area contributed by atoms with E-state index < -0.39 is 15.3 Å². The number of aryl methyl sites for hydroxylation is 2. The first-order valence-corrected chi connectivity index (χ1v) is 8.42. The second-order valence-electron chi connectivity index (χ2n) is 5.05. The second-order valence-corrected chi connectivity index (χ2v) is 6.90. The Morgan fingerprint density at radius 1 is 1.25 bits per heavy atom. The lowest BCUT2D eigenvalue weighted by Crippen LogP contribution is -2.32. The third-order valence-electron chi connectivity index (χ3n) is 3.79. The van der Waals surface area contributed by atoms with Crippen molar-refractivity contribution in [1.29, 1.82) is 0 Å². The highest BCUT2D eigenvalue weighted by molar-refractivity contribution is 7.89. The van der Waals surface area contributed by atoms with Crippen LogP contribution in [0.1, 0.15) is 31.4 Å². The standard InChI is InChI=1S/C14H20N2O3S/c1-3-10-6-5-7-11(4-2)14(10)16-9-12(8-13(16)17)20(15,18)19/h5-7,12H,3-4,8-9H2,1-2H3,(H2,15,18,19). The van der Waals surface area contributed by atoms with Crippen molar-refractivity contribution >= 4 is 21.6 Å². The molecule has 1 aromatic carbocycles. The molecule has 0 spiro atoms. The smallest absolute Gasteiger partial charge is 0.228 e. The van der Waals surface area contributed by atoms with Gasteiger partial charge in [0, 0.05) is 13.0 Å². The van der Waals surface area contributed by atoms with Crippen LogP contribution in [0.2, 0.25) is 0 Å². The minimum Gasteiger partial charge on any atom is -0.310 e. The Hall–Kier alpha value is -1.40. The highest BCUT2D eigenvalue weighted by atomic mass is 32.2. The average molecular weight is 296 g/mol. The van der Waals surface area contributed by atoms with Crippen molar-refractivity contribution in [2.24, 2.45) is 5.14 Å². The summed E-state index contributed by atoms with van der Waals surface area (Å²) in [4.78, 5) is 13.8. The zero-order valence-corrected chi connectivity index (χ0v) is 12.6. The van der Waals surface area contributed by atoms with E-state index in [1.807, 2.05) is 32.0 Å². The molecule has 2 rings (SSSR count). The molecule has 0 aliphatic carbocycles. The van der Waals surface area contributed by atoms with E-state index in [0.29, 0.717) is 0 Å². The summed E-state index contributed by atoms with van der Waals surface area (Å²) < 4.78 is 22.9. The molecule has 20 heavy (non-hydrogen) atoms. The first-order chi connectivity index (χ1) is 9.38. The van der Waals surface area contributed by atoms with E-state index in [9.17, 15) is 13.2 Å². The number of benzene rings is 1. The molecular weight excluding hydrogens is 276 g/mol. The van der Waals surface area contributed by atoms with Crippen molar-refractivity contribution < 1.29 is 13.2 Å². The van der Waals surface area contributed by atoms with E-state index in [0.717, 1.165) is 29.7 Å². The molecule has 0 bridgehead atoms. The lowest BCUT2D eigenvalue weighted by atomic mass is 10.0. The SMILES string of the molecule is CCc1cccc(CC)c1N1CC(S(N)(=O)=O)CC1=O. The number of carbonyl (C=O) groups is 1. The zero-order valence-electron chi connectivity index (χ0n) is 11.8. The Kier molecular flexibility index (Phi) is 4.15. The summed E-state index contributed by atoms with van der Waals surface area (Å²) in [6, 6.07) is 5.93. The summed E-state index contributed by atoms with van der Waals surface area (Å²) >= 11 is 0. The van der Waals surface area contributed by atoms with Gasteiger partial charge in [0.2, 0.25) is 15.9 Å². The molecule has 6 heteroatoms. The monoisotopic (exact) mass is 296 g/mol. The van der Waals surface area contributed by atoms with E-state index in [-0.39, 0.29) is 18.9 Å². The van der Waals surface area contributed by atoms with E-state index in [1.165, 1.54) is 0 Å². The van der Waals surface area contributed by atoms with Crippen molar-refractivity contribution in [3.05, 3.63) is 29.3 Å². The molecule has 1 aliphatic rings. The molecule has 0 radical (unpaired) electrons. The normalized spacial score (nSPS) is 19.6. The van der Waals surface area contributed by atoms with Gasteiger partial charge in [-0.15, -0.1) is 0 Å². The van der Waals surface area contributed by atoms with E-state index in [2.05, 4.69) is 0 Å². The third kappa shape index (κ3) is 2.71.